The van der Waals surface area contributed by atoms with Crippen LogP contribution in [0.3, 0.4) is 0 Å². The highest BCUT2D eigenvalue weighted by Gasteiger charge is 2.37. The Bertz CT molecular complexity index is 350. The summed E-state index contributed by atoms with van der Waals surface area (Å²) in [5.74, 6) is 0. The minimum atomic E-state index is 0.0983. The molecule has 0 spiro atoms. The van der Waals surface area contributed by atoms with E-state index in [2.05, 4.69) is 54.4 Å². The number of anilines is 1. The predicted molar refractivity (Wildman–Crippen MR) is 71.2 cm³/mol. The number of methoxy groups -OCH3 is 1. The van der Waals surface area contributed by atoms with Crippen LogP contribution in [0.2, 0.25) is 0 Å². The monoisotopic (exact) mass is 234 g/mol. The highest BCUT2D eigenvalue weighted by Crippen LogP contribution is 2.30. The van der Waals surface area contributed by atoms with Crippen molar-refractivity contribution in [2.45, 2.75) is 20.0 Å². The first-order chi connectivity index (χ1) is 8.15. The van der Waals surface area contributed by atoms with Crippen LogP contribution in [0.5, 0.6) is 0 Å². The Morgan fingerprint density at radius 2 is 2.06 bits per heavy atom. The summed E-state index contributed by atoms with van der Waals surface area (Å²) in [6.07, 6.45) is 0.338. The Balaban J connectivity index is 2.18. The Morgan fingerprint density at radius 1 is 1.35 bits per heavy atom. The smallest absolute Gasteiger partial charge is 0.0870 e. The van der Waals surface area contributed by atoms with Crippen molar-refractivity contribution in [1.29, 1.82) is 0 Å². The summed E-state index contributed by atoms with van der Waals surface area (Å²) >= 11 is 0. The van der Waals surface area contributed by atoms with Crippen molar-refractivity contribution in [2.24, 2.45) is 5.41 Å². The third-order valence-corrected chi connectivity index (χ3v) is 3.35. The Hall–Kier alpha value is -1.06. The molecule has 1 unspecified atom stereocenters. The van der Waals surface area contributed by atoms with Crippen molar-refractivity contribution >= 4 is 5.69 Å². The van der Waals surface area contributed by atoms with Gasteiger partial charge in [0.05, 0.1) is 12.8 Å². The number of benzene rings is 1. The van der Waals surface area contributed by atoms with Crippen LogP contribution in [0, 0.1) is 5.41 Å². The molecule has 1 aromatic carbocycles. The highest BCUT2D eigenvalue weighted by atomic mass is 16.5. The molecule has 94 valence electrons. The van der Waals surface area contributed by atoms with Gasteiger partial charge < -0.3 is 9.64 Å². The van der Waals surface area contributed by atoms with Crippen LogP contribution in [-0.2, 0) is 4.74 Å². The lowest BCUT2D eigenvalue weighted by Gasteiger charge is -2.38. The lowest BCUT2D eigenvalue weighted by molar-refractivity contribution is 0.0808. The quantitative estimate of drug-likeness (QED) is 0.863. The molecule has 3 nitrogen and oxygen atoms in total. The summed E-state index contributed by atoms with van der Waals surface area (Å²) in [5, 5.41) is 3.58. The van der Waals surface area contributed by atoms with Gasteiger partial charge in [0.25, 0.3) is 0 Å². The van der Waals surface area contributed by atoms with Crippen LogP contribution in [0.15, 0.2) is 30.3 Å². The molecule has 0 aliphatic carbocycles. The van der Waals surface area contributed by atoms with Crippen LogP contribution in [0.25, 0.3) is 0 Å². The Kier molecular flexibility index (Phi) is 3.69. The normalized spacial score (nSPS) is 20.9. The summed E-state index contributed by atoms with van der Waals surface area (Å²) in [6.45, 7) is 7.34. The van der Waals surface area contributed by atoms with Gasteiger partial charge in [0.2, 0.25) is 0 Å². The van der Waals surface area contributed by atoms with E-state index in [1.807, 2.05) is 0 Å². The van der Waals surface area contributed by atoms with Gasteiger partial charge in [-0.3, -0.25) is 5.32 Å². The van der Waals surface area contributed by atoms with Crippen LogP contribution >= 0.6 is 0 Å². The molecule has 17 heavy (non-hydrogen) atoms. The SMILES string of the molecule is COCC(C)(C)C1NCCN1c1ccccc1. The third kappa shape index (κ3) is 2.61. The fraction of sp³-hybridized carbons (Fsp3) is 0.571. The molecule has 1 fully saturated rings. The molecule has 1 aliphatic rings. The number of ether oxygens (including phenoxy) is 1. The van der Waals surface area contributed by atoms with Crippen molar-refractivity contribution in [3.8, 4) is 0 Å². The average Bonchev–Trinajstić information content (AvgIpc) is 2.79. The summed E-state index contributed by atoms with van der Waals surface area (Å²) in [5.41, 5.74) is 1.38. The van der Waals surface area contributed by atoms with Gasteiger partial charge in [0.15, 0.2) is 0 Å². The van der Waals surface area contributed by atoms with E-state index in [0.29, 0.717) is 6.17 Å². The van der Waals surface area contributed by atoms with Crippen LogP contribution < -0.4 is 10.2 Å². The predicted octanol–water partition coefficient (Wildman–Crippen LogP) is 2.09. The second-order valence-electron chi connectivity index (χ2n) is 5.31. The van der Waals surface area contributed by atoms with Crippen molar-refractivity contribution < 1.29 is 4.74 Å². The molecular formula is C14H22N2O. The van der Waals surface area contributed by atoms with E-state index in [0.717, 1.165) is 19.7 Å². The largest absolute Gasteiger partial charge is 0.384 e. The molecule has 1 aromatic rings. The Morgan fingerprint density at radius 3 is 2.71 bits per heavy atom. The molecule has 0 aromatic heterocycles. The van der Waals surface area contributed by atoms with Gasteiger partial charge in [-0.1, -0.05) is 32.0 Å². The van der Waals surface area contributed by atoms with Gasteiger partial charge in [-0.2, -0.15) is 0 Å². The van der Waals surface area contributed by atoms with E-state index in [4.69, 9.17) is 4.74 Å². The lowest BCUT2D eigenvalue weighted by atomic mass is 9.90. The molecular weight excluding hydrogens is 212 g/mol. The standard InChI is InChI=1S/C14H22N2O/c1-14(2,11-17-3)13-15-9-10-16(13)12-7-5-4-6-8-12/h4-8,13,15H,9-11H2,1-3H3. The summed E-state index contributed by atoms with van der Waals surface area (Å²) < 4.78 is 5.34. The zero-order valence-electron chi connectivity index (χ0n) is 10.9. The van der Waals surface area contributed by atoms with Gasteiger partial charge in [0, 0.05) is 31.3 Å². The number of nitrogens with zero attached hydrogens (tertiary/aromatic N) is 1. The van der Waals surface area contributed by atoms with Crippen molar-refractivity contribution in [3.05, 3.63) is 30.3 Å². The van der Waals surface area contributed by atoms with Crippen LogP contribution in [-0.4, -0.2) is 33.0 Å². The summed E-state index contributed by atoms with van der Waals surface area (Å²) in [7, 11) is 1.77. The molecule has 0 saturated carbocycles. The molecule has 1 aliphatic heterocycles. The van der Waals surface area contributed by atoms with E-state index >= 15 is 0 Å². The van der Waals surface area contributed by atoms with Gasteiger partial charge in [0.1, 0.15) is 0 Å². The maximum Gasteiger partial charge on any atom is 0.0870 e. The van der Waals surface area contributed by atoms with Crippen LogP contribution in [0.4, 0.5) is 5.69 Å². The second-order valence-corrected chi connectivity index (χ2v) is 5.31. The van der Waals surface area contributed by atoms with E-state index in [-0.39, 0.29) is 5.41 Å². The number of para-hydroxylation sites is 1. The first-order valence-corrected chi connectivity index (χ1v) is 6.19. The molecule has 0 radical (unpaired) electrons. The fourth-order valence-corrected chi connectivity index (χ4v) is 2.61. The zero-order valence-corrected chi connectivity index (χ0v) is 10.9. The Labute approximate surface area is 104 Å². The van der Waals surface area contributed by atoms with E-state index in [9.17, 15) is 0 Å². The van der Waals surface area contributed by atoms with Gasteiger partial charge >= 0.3 is 0 Å². The number of rotatable bonds is 4. The molecule has 1 N–H and O–H groups in total. The number of hydrogen-bond acceptors (Lipinski definition) is 3. The minimum Gasteiger partial charge on any atom is -0.384 e. The third-order valence-electron chi connectivity index (χ3n) is 3.35. The molecule has 3 heteroatoms. The maximum atomic E-state index is 5.34. The molecule has 0 bridgehead atoms. The molecule has 0 amide bonds. The second kappa shape index (κ2) is 5.07. The lowest BCUT2D eigenvalue weighted by Crippen LogP contribution is -2.49. The molecule has 1 heterocycles. The molecule has 2 rings (SSSR count). The maximum absolute atomic E-state index is 5.34. The first-order valence-electron chi connectivity index (χ1n) is 6.19. The fourth-order valence-electron chi connectivity index (χ4n) is 2.61. The van der Waals surface area contributed by atoms with Crippen LogP contribution in [0.1, 0.15) is 13.8 Å². The summed E-state index contributed by atoms with van der Waals surface area (Å²) in [4.78, 5) is 2.43. The average molecular weight is 234 g/mol. The number of nitrogens with one attached hydrogen (secondary N) is 1. The van der Waals surface area contributed by atoms with Gasteiger partial charge in [-0.15, -0.1) is 0 Å². The highest BCUT2D eigenvalue weighted by molar-refractivity contribution is 5.48. The first kappa shape index (κ1) is 12.4. The minimum absolute atomic E-state index is 0.0983. The molecule has 1 atom stereocenters. The molecule has 1 saturated heterocycles. The van der Waals surface area contributed by atoms with E-state index < -0.39 is 0 Å². The van der Waals surface area contributed by atoms with Gasteiger partial charge in [-0.05, 0) is 12.1 Å². The van der Waals surface area contributed by atoms with Crippen molar-refractivity contribution in [3.63, 3.8) is 0 Å². The number of hydrogen-bond donors (Lipinski definition) is 1. The zero-order chi connectivity index (χ0) is 12.3. The van der Waals surface area contributed by atoms with Gasteiger partial charge in [-0.25, -0.2) is 0 Å². The van der Waals surface area contributed by atoms with Crippen molar-refractivity contribution in [1.82, 2.24) is 5.32 Å². The van der Waals surface area contributed by atoms with E-state index in [1.165, 1.54) is 5.69 Å². The summed E-state index contributed by atoms with van der Waals surface area (Å²) in [6, 6.07) is 10.6. The topological polar surface area (TPSA) is 24.5 Å². The van der Waals surface area contributed by atoms with E-state index in [1.54, 1.807) is 7.11 Å². The van der Waals surface area contributed by atoms with Crippen molar-refractivity contribution in [2.75, 3.05) is 31.7 Å².